The molecule has 1 aliphatic heterocycles. The van der Waals surface area contributed by atoms with E-state index in [0.717, 1.165) is 36.3 Å². The molecule has 0 radical (unpaired) electrons. The number of carbonyl (C=O) groups is 1. The second-order valence-corrected chi connectivity index (χ2v) is 5.28. The lowest BCUT2D eigenvalue weighted by atomic mass is 10.3. The van der Waals surface area contributed by atoms with Gasteiger partial charge in [-0.05, 0) is 28.1 Å². The highest BCUT2D eigenvalue weighted by atomic mass is 79.9. The first-order valence-corrected chi connectivity index (χ1v) is 7.05. The number of hydrogen-bond acceptors (Lipinski definition) is 4. The van der Waals surface area contributed by atoms with E-state index in [1.165, 1.54) is 0 Å². The molecule has 1 saturated heterocycles. The molecule has 0 aromatic heterocycles. The number of carbonyl (C=O) groups excluding carboxylic acids is 1. The van der Waals surface area contributed by atoms with Crippen LogP contribution >= 0.6 is 15.9 Å². The molecular formula is C13H18BrN3O2. The van der Waals surface area contributed by atoms with Gasteiger partial charge in [0.05, 0.1) is 18.1 Å². The van der Waals surface area contributed by atoms with Crippen molar-refractivity contribution in [1.29, 1.82) is 0 Å². The zero-order chi connectivity index (χ0) is 13.7. The van der Waals surface area contributed by atoms with Gasteiger partial charge in [-0.25, -0.2) is 0 Å². The number of benzene rings is 1. The van der Waals surface area contributed by atoms with Crippen LogP contribution in [0.5, 0.6) is 5.75 Å². The Bertz CT molecular complexity index is 448. The summed E-state index contributed by atoms with van der Waals surface area (Å²) in [5.74, 6) is 0.714. The summed E-state index contributed by atoms with van der Waals surface area (Å²) in [6.07, 6.45) is 0. The summed E-state index contributed by atoms with van der Waals surface area (Å²) in [5.41, 5.74) is 0.750. The van der Waals surface area contributed by atoms with Gasteiger partial charge in [0.15, 0.2) is 0 Å². The summed E-state index contributed by atoms with van der Waals surface area (Å²) in [4.78, 5) is 14.1. The van der Waals surface area contributed by atoms with Gasteiger partial charge < -0.3 is 15.4 Å². The SMILES string of the molecule is COc1cc(NC(=O)CN2CCNCC2)ccc1Br. The van der Waals surface area contributed by atoms with Gasteiger partial charge in [-0.3, -0.25) is 9.69 Å². The molecule has 0 atom stereocenters. The number of hydrogen-bond donors (Lipinski definition) is 2. The van der Waals surface area contributed by atoms with Gasteiger partial charge in [0.2, 0.25) is 5.91 Å². The fourth-order valence-corrected chi connectivity index (χ4v) is 2.42. The Kier molecular flexibility index (Phi) is 5.18. The van der Waals surface area contributed by atoms with E-state index < -0.39 is 0 Å². The minimum Gasteiger partial charge on any atom is -0.495 e. The van der Waals surface area contributed by atoms with Crippen LogP contribution in [-0.2, 0) is 4.79 Å². The number of amides is 1. The largest absolute Gasteiger partial charge is 0.495 e. The number of piperazine rings is 1. The highest BCUT2D eigenvalue weighted by Crippen LogP contribution is 2.27. The van der Waals surface area contributed by atoms with Gasteiger partial charge in [-0.1, -0.05) is 0 Å². The molecule has 0 aliphatic carbocycles. The maximum Gasteiger partial charge on any atom is 0.238 e. The molecule has 2 N–H and O–H groups in total. The molecule has 1 fully saturated rings. The van der Waals surface area contributed by atoms with Gasteiger partial charge in [-0.2, -0.15) is 0 Å². The number of methoxy groups -OCH3 is 1. The van der Waals surface area contributed by atoms with E-state index >= 15 is 0 Å². The second-order valence-electron chi connectivity index (χ2n) is 4.42. The van der Waals surface area contributed by atoms with Crippen molar-refractivity contribution in [3.05, 3.63) is 22.7 Å². The van der Waals surface area contributed by atoms with E-state index in [2.05, 4.69) is 31.5 Å². The Morgan fingerprint density at radius 1 is 1.47 bits per heavy atom. The Labute approximate surface area is 121 Å². The third kappa shape index (κ3) is 4.19. The van der Waals surface area contributed by atoms with Gasteiger partial charge in [0.1, 0.15) is 5.75 Å². The third-order valence-electron chi connectivity index (χ3n) is 3.01. The number of nitrogens with one attached hydrogen (secondary N) is 2. The van der Waals surface area contributed by atoms with Crippen LogP contribution in [0.15, 0.2) is 22.7 Å². The number of ether oxygens (including phenoxy) is 1. The molecular weight excluding hydrogens is 310 g/mol. The third-order valence-corrected chi connectivity index (χ3v) is 3.67. The van der Waals surface area contributed by atoms with E-state index in [1.54, 1.807) is 13.2 Å². The average molecular weight is 328 g/mol. The molecule has 1 aliphatic rings. The summed E-state index contributed by atoms with van der Waals surface area (Å²) in [5, 5.41) is 6.15. The average Bonchev–Trinajstić information content (AvgIpc) is 2.42. The molecule has 0 unspecified atom stereocenters. The van der Waals surface area contributed by atoms with Crippen LogP contribution in [-0.4, -0.2) is 50.6 Å². The van der Waals surface area contributed by atoms with Crippen molar-refractivity contribution in [2.24, 2.45) is 0 Å². The first-order valence-electron chi connectivity index (χ1n) is 6.25. The number of halogens is 1. The van der Waals surface area contributed by atoms with Crippen LogP contribution in [0.2, 0.25) is 0 Å². The van der Waals surface area contributed by atoms with Crippen LogP contribution in [0.3, 0.4) is 0 Å². The quantitative estimate of drug-likeness (QED) is 0.875. The van der Waals surface area contributed by atoms with Crippen LogP contribution in [0.1, 0.15) is 0 Å². The summed E-state index contributed by atoms with van der Waals surface area (Å²) >= 11 is 3.38. The topological polar surface area (TPSA) is 53.6 Å². The first-order chi connectivity index (χ1) is 9.19. The molecule has 104 valence electrons. The van der Waals surface area contributed by atoms with E-state index in [1.807, 2.05) is 12.1 Å². The van der Waals surface area contributed by atoms with Crippen molar-refractivity contribution < 1.29 is 9.53 Å². The lowest BCUT2D eigenvalue weighted by molar-refractivity contribution is -0.117. The number of nitrogens with zero attached hydrogens (tertiary/aromatic N) is 1. The number of anilines is 1. The Hall–Kier alpha value is -1.11. The molecule has 1 heterocycles. The molecule has 1 amide bonds. The second kappa shape index (κ2) is 6.88. The highest BCUT2D eigenvalue weighted by molar-refractivity contribution is 9.10. The molecule has 0 saturated carbocycles. The lowest BCUT2D eigenvalue weighted by Crippen LogP contribution is -2.46. The van der Waals surface area contributed by atoms with Crippen molar-refractivity contribution in [3.8, 4) is 5.75 Å². The molecule has 0 spiro atoms. The maximum absolute atomic E-state index is 11.9. The fraction of sp³-hybridized carbons (Fsp3) is 0.462. The van der Waals surface area contributed by atoms with Crippen LogP contribution in [0.25, 0.3) is 0 Å². The van der Waals surface area contributed by atoms with Gasteiger partial charge in [0, 0.05) is 37.9 Å². The smallest absolute Gasteiger partial charge is 0.238 e. The molecule has 5 nitrogen and oxygen atoms in total. The van der Waals surface area contributed by atoms with E-state index in [0.29, 0.717) is 12.3 Å². The predicted octanol–water partition coefficient (Wildman–Crippen LogP) is 1.30. The van der Waals surface area contributed by atoms with Crippen molar-refractivity contribution in [2.75, 3.05) is 45.2 Å². The Balaban J connectivity index is 1.90. The van der Waals surface area contributed by atoms with E-state index in [4.69, 9.17) is 4.74 Å². The summed E-state index contributed by atoms with van der Waals surface area (Å²) in [7, 11) is 1.60. The molecule has 0 bridgehead atoms. The summed E-state index contributed by atoms with van der Waals surface area (Å²) in [6.45, 7) is 4.15. The van der Waals surface area contributed by atoms with Gasteiger partial charge in [0.25, 0.3) is 0 Å². The molecule has 1 aromatic rings. The minimum absolute atomic E-state index is 0.00581. The molecule has 1 aromatic carbocycles. The monoisotopic (exact) mass is 327 g/mol. The summed E-state index contributed by atoms with van der Waals surface area (Å²) in [6, 6.07) is 5.52. The predicted molar refractivity (Wildman–Crippen MR) is 78.6 cm³/mol. The van der Waals surface area contributed by atoms with Crippen molar-refractivity contribution >= 4 is 27.5 Å². The first kappa shape index (κ1) is 14.3. The Morgan fingerprint density at radius 3 is 2.89 bits per heavy atom. The van der Waals surface area contributed by atoms with Crippen molar-refractivity contribution in [1.82, 2.24) is 10.2 Å². The van der Waals surface area contributed by atoms with Gasteiger partial charge >= 0.3 is 0 Å². The molecule has 19 heavy (non-hydrogen) atoms. The lowest BCUT2D eigenvalue weighted by Gasteiger charge is -2.26. The van der Waals surface area contributed by atoms with Crippen LogP contribution in [0.4, 0.5) is 5.69 Å². The van der Waals surface area contributed by atoms with Crippen LogP contribution in [0, 0.1) is 0 Å². The standard InChI is InChI=1S/C13H18BrN3O2/c1-19-12-8-10(2-3-11(12)14)16-13(18)9-17-6-4-15-5-7-17/h2-3,8,15H,4-7,9H2,1H3,(H,16,18). The zero-order valence-electron chi connectivity index (χ0n) is 10.9. The van der Waals surface area contributed by atoms with E-state index in [9.17, 15) is 4.79 Å². The number of rotatable bonds is 4. The zero-order valence-corrected chi connectivity index (χ0v) is 12.5. The highest BCUT2D eigenvalue weighted by Gasteiger charge is 2.13. The normalized spacial score (nSPS) is 16.1. The molecule has 6 heteroatoms. The van der Waals surface area contributed by atoms with E-state index in [-0.39, 0.29) is 5.91 Å². The Morgan fingerprint density at radius 2 is 2.21 bits per heavy atom. The molecule has 2 rings (SSSR count). The van der Waals surface area contributed by atoms with Crippen LogP contribution < -0.4 is 15.4 Å². The maximum atomic E-state index is 11.9. The van der Waals surface area contributed by atoms with Gasteiger partial charge in [-0.15, -0.1) is 0 Å². The van der Waals surface area contributed by atoms with Crippen molar-refractivity contribution in [3.63, 3.8) is 0 Å². The summed E-state index contributed by atoms with van der Waals surface area (Å²) < 4.78 is 6.07. The minimum atomic E-state index is 0.00581. The van der Waals surface area contributed by atoms with Crippen molar-refractivity contribution in [2.45, 2.75) is 0 Å². The fourth-order valence-electron chi connectivity index (χ4n) is 2.01.